The molecule has 0 spiro atoms. The zero-order chi connectivity index (χ0) is 22.4. The number of carboxylic acids is 1. The average Bonchev–Trinajstić information content (AvgIpc) is 3.46. The number of hydrogen-bond acceptors (Lipinski definition) is 7. The molecule has 4 heterocycles. The van der Waals surface area contributed by atoms with Crippen molar-refractivity contribution in [3.05, 3.63) is 42.6 Å². The SMILES string of the molecule is O=C(C[C@H]1CO[C@@H]2CN(c3ncccn3)C[C@H]12)NCc1ccco1.O=C(O)C(F)(F)F. The number of fused-ring (bicyclic) bond motifs is 1. The molecular formula is C19H21F3N4O5. The summed E-state index contributed by atoms with van der Waals surface area (Å²) in [5.74, 6) is -0.639. The Bertz CT molecular complexity index is 863. The van der Waals surface area contributed by atoms with Crippen molar-refractivity contribution in [2.24, 2.45) is 11.8 Å². The highest BCUT2D eigenvalue weighted by Gasteiger charge is 2.45. The molecule has 2 aromatic heterocycles. The van der Waals surface area contributed by atoms with Gasteiger partial charge in [0.1, 0.15) is 5.76 Å². The van der Waals surface area contributed by atoms with E-state index < -0.39 is 12.1 Å². The van der Waals surface area contributed by atoms with Crippen LogP contribution in [0, 0.1) is 11.8 Å². The Morgan fingerprint density at radius 2 is 1.94 bits per heavy atom. The number of carboxylic acid groups (broad SMARTS) is 1. The van der Waals surface area contributed by atoms with Gasteiger partial charge in [-0.25, -0.2) is 14.8 Å². The highest BCUT2D eigenvalue weighted by Crippen LogP contribution is 2.36. The number of carbonyl (C=O) groups excluding carboxylic acids is 1. The zero-order valence-corrected chi connectivity index (χ0v) is 16.3. The van der Waals surface area contributed by atoms with Gasteiger partial charge in [-0.2, -0.15) is 13.2 Å². The molecule has 0 saturated carbocycles. The lowest BCUT2D eigenvalue weighted by Gasteiger charge is -2.19. The molecule has 2 aliphatic rings. The maximum Gasteiger partial charge on any atom is 0.490 e. The largest absolute Gasteiger partial charge is 0.490 e. The summed E-state index contributed by atoms with van der Waals surface area (Å²) in [5.41, 5.74) is 0. The lowest BCUT2D eigenvalue weighted by atomic mass is 9.90. The number of anilines is 1. The van der Waals surface area contributed by atoms with E-state index in [1.165, 1.54) is 0 Å². The van der Waals surface area contributed by atoms with E-state index in [9.17, 15) is 18.0 Å². The van der Waals surface area contributed by atoms with Crippen molar-refractivity contribution in [2.45, 2.75) is 25.2 Å². The van der Waals surface area contributed by atoms with Crippen LogP contribution in [0.1, 0.15) is 12.2 Å². The van der Waals surface area contributed by atoms with Gasteiger partial charge in [0.05, 0.1) is 25.5 Å². The predicted molar refractivity (Wildman–Crippen MR) is 99.8 cm³/mol. The molecule has 3 atom stereocenters. The van der Waals surface area contributed by atoms with Gasteiger partial charge in [0.2, 0.25) is 11.9 Å². The van der Waals surface area contributed by atoms with E-state index in [0.29, 0.717) is 25.5 Å². The minimum atomic E-state index is -5.08. The fourth-order valence-corrected chi connectivity index (χ4v) is 3.54. The first kappa shape index (κ1) is 22.5. The van der Waals surface area contributed by atoms with Crippen molar-refractivity contribution >= 4 is 17.8 Å². The summed E-state index contributed by atoms with van der Waals surface area (Å²) < 4.78 is 42.9. The minimum absolute atomic E-state index is 0.0371. The summed E-state index contributed by atoms with van der Waals surface area (Å²) >= 11 is 0. The summed E-state index contributed by atoms with van der Waals surface area (Å²) in [4.78, 5) is 31.8. The van der Waals surface area contributed by atoms with Gasteiger partial charge in [0, 0.05) is 37.8 Å². The van der Waals surface area contributed by atoms with Crippen LogP contribution in [0.15, 0.2) is 41.3 Å². The van der Waals surface area contributed by atoms with Gasteiger partial charge in [-0.15, -0.1) is 0 Å². The molecule has 0 bridgehead atoms. The molecule has 0 unspecified atom stereocenters. The number of nitrogens with one attached hydrogen (secondary N) is 1. The van der Waals surface area contributed by atoms with Crippen molar-refractivity contribution < 1.29 is 37.0 Å². The number of rotatable bonds is 5. The Morgan fingerprint density at radius 3 is 2.55 bits per heavy atom. The first-order valence-electron chi connectivity index (χ1n) is 9.47. The molecule has 4 rings (SSSR count). The van der Waals surface area contributed by atoms with E-state index in [-0.39, 0.29) is 17.9 Å². The first-order valence-corrected chi connectivity index (χ1v) is 9.47. The van der Waals surface area contributed by atoms with E-state index in [2.05, 4.69) is 20.2 Å². The smallest absolute Gasteiger partial charge is 0.475 e. The summed E-state index contributed by atoms with van der Waals surface area (Å²) in [6.45, 7) is 2.70. The van der Waals surface area contributed by atoms with E-state index in [0.717, 1.165) is 24.8 Å². The summed E-state index contributed by atoms with van der Waals surface area (Å²) in [6, 6.07) is 5.47. The molecule has 0 aliphatic carbocycles. The Hall–Kier alpha value is -3.15. The van der Waals surface area contributed by atoms with Gasteiger partial charge in [0.25, 0.3) is 0 Å². The number of amides is 1. The second-order valence-electron chi connectivity index (χ2n) is 7.11. The number of halogens is 3. The van der Waals surface area contributed by atoms with Crippen LogP contribution in [0.5, 0.6) is 0 Å². The molecule has 9 nitrogen and oxygen atoms in total. The Balaban J connectivity index is 0.000000339. The van der Waals surface area contributed by atoms with Gasteiger partial charge in [0.15, 0.2) is 0 Å². The molecule has 0 radical (unpaired) electrons. The number of carbonyl (C=O) groups is 2. The maximum absolute atomic E-state index is 12.2. The number of aromatic nitrogens is 2. The summed E-state index contributed by atoms with van der Waals surface area (Å²) in [5, 5.41) is 10.0. The number of ether oxygens (including phenoxy) is 1. The molecule has 2 fully saturated rings. The van der Waals surface area contributed by atoms with Crippen LogP contribution in [0.2, 0.25) is 0 Å². The summed E-state index contributed by atoms with van der Waals surface area (Å²) in [7, 11) is 0. The van der Waals surface area contributed by atoms with Crippen LogP contribution in [0.25, 0.3) is 0 Å². The van der Waals surface area contributed by atoms with Crippen LogP contribution in [0.4, 0.5) is 19.1 Å². The molecule has 2 aromatic rings. The van der Waals surface area contributed by atoms with E-state index in [1.807, 2.05) is 18.2 Å². The van der Waals surface area contributed by atoms with Crippen LogP contribution in [0.3, 0.4) is 0 Å². The van der Waals surface area contributed by atoms with Crippen molar-refractivity contribution in [1.82, 2.24) is 15.3 Å². The van der Waals surface area contributed by atoms with Crippen molar-refractivity contribution in [2.75, 3.05) is 24.6 Å². The number of aliphatic carboxylic acids is 1. The monoisotopic (exact) mass is 442 g/mol. The average molecular weight is 442 g/mol. The van der Waals surface area contributed by atoms with Crippen LogP contribution in [-0.4, -0.2) is 58.9 Å². The van der Waals surface area contributed by atoms with E-state index in [4.69, 9.17) is 19.1 Å². The third-order valence-corrected chi connectivity index (χ3v) is 5.00. The molecular weight excluding hydrogens is 421 g/mol. The van der Waals surface area contributed by atoms with Crippen LogP contribution >= 0.6 is 0 Å². The lowest BCUT2D eigenvalue weighted by Crippen LogP contribution is -2.30. The van der Waals surface area contributed by atoms with E-state index in [1.54, 1.807) is 18.7 Å². The predicted octanol–water partition coefficient (Wildman–Crippen LogP) is 1.86. The number of hydrogen-bond donors (Lipinski definition) is 2. The van der Waals surface area contributed by atoms with E-state index >= 15 is 0 Å². The maximum atomic E-state index is 12.2. The fourth-order valence-electron chi connectivity index (χ4n) is 3.54. The van der Waals surface area contributed by atoms with Gasteiger partial charge in [-0.1, -0.05) is 0 Å². The molecule has 2 N–H and O–H groups in total. The molecule has 2 saturated heterocycles. The third kappa shape index (κ3) is 6.17. The van der Waals surface area contributed by atoms with Crippen LogP contribution < -0.4 is 10.2 Å². The highest BCUT2D eigenvalue weighted by atomic mass is 19.4. The number of furan rings is 1. The second kappa shape index (κ2) is 9.77. The third-order valence-electron chi connectivity index (χ3n) is 5.00. The quantitative estimate of drug-likeness (QED) is 0.721. The second-order valence-corrected chi connectivity index (χ2v) is 7.11. The molecule has 168 valence electrons. The van der Waals surface area contributed by atoms with Crippen molar-refractivity contribution in [3.63, 3.8) is 0 Å². The standard InChI is InChI=1S/C17H20N4O3.C2HF3O2/c22-16(20-8-13-3-1-6-23-13)7-12-11-24-15-10-21(9-14(12)15)17-18-4-2-5-19-17;3-2(4,5)1(6)7/h1-6,12,14-15H,7-11H2,(H,20,22);(H,6,7)/t12-,14+,15+;/m0./s1. The molecule has 2 aliphatic heterocycles. The highest BCUT2D eigenvalue weighted by molar-refractivity contribution is 5.76. The van der Waals surface area contributed by atoms with Crippen molar-refractivity contribution in [3.8, 4) is 0 Å². The van der Waals surface area contributed by atoms with Gasteiger partial charge >= 0.3 is 12.1 Å². The van der Waals surface area contributed by atoms with Gasteiger partial charge in [-0.05, 0) is 24.1 Å². The van der Waals surface area contributed by atoms with Gasteiger partial charge < -0.3 is 24.5 Å². The Labute approximate surface area is 175 Å². The Morgan fingerprint density at radius 1 is 1.23 bits per heavy atom. The summed E-state index contributed by atoms with van der Waals surface area (Å²) in [6.07, 6.45) is 0.658. The molecule has 1 amide bonds. The number of alkyl halides is 3. The van der Waals surface area contributed by atoms with Gasteiger partial charge in [-0.3, -0.25) is 4.79 Å². The minimum Gasteiger partial charge on any atom is -0.475 e. The van der Waals surface area contributed by atoms with Crippen LogP contribution in [-0.2, 0) is 20.9 Å². The normalized spacial score (nSPS) is 22.4. The lowest BCUT2D eigenvalue weighted by molar-refractivity contribution is -0.192. The first-order chi connectivity index (χ1) is 14.7. The Kier molecular flexibility index (Phi) is 7.10. The fraction of sp³-hybridized carbons (Fsp3) is 0.474. The zero-order valence-electron chi connectivity index (χ0n) is 16.3. The molecule has 31 heavy (non-hydrogen) atoms. The molecule has 12 heteroatoms. The van der Waals surface area contributed by atoms with Crippen molar-refractivity contribution in [1.29, 1.82) is 0 Å². The number of nitrogens with zero attached hydrogens (tertiary/aromatic N) is 3. The topological polar surface area (TPSA) is 118 Å². The molecule has 0 aromatic carbocycles.